The lowest BCUT2D eigenvalue weighted by atomic mass is 9.87. The molecular weight excluding hydrogens is 414 g/mol. The van der Waals surface area contributed by atoms with Gasteiger partial charge in [0.2, 0.25) is 12.7 Å². The maximum Gasteiger partial charge on any atom is 0.257 e. The number of fused-ring (bicyclic) bond motifs is 2. The second-order valence-electron chi connectivity index (χ2n) is 8.98. The van der Waals surface area contributed by atoms with E-state index < -0.39 is 0 Å². The van der Waals surface area contributed by atoms with E-state index in [1.54, 1.807) is 18.2 Å². The van der Waals surface area contributed by atoms with Crippen molar-refractivity contribution in [3.63, 3.8) is 0 Å². The van der Waals surface area contributed by atoms with Gasteiger partial charge in [-0.15, -0.1) is 11.3 Å². The van der Waals surface area contributed by atoms with Crippen molar-refractivity contribution < 1.29 is 19.1 Å². The van der Waals surface area contributed by atoms with Crippen molar-refractivity contribution in [1.29, 1.82) is 0 Å². The first-order chi connectivity index (χ1) is 15.0. The Morgan fingerprint density at radius 2 is 1.94 bits per heavy atom. The number of amides is 2. The average Bonchev–Trinajstić information content (AvgIpc) is 3.37. The highest BCUT2D eigenvalue weighted by atomic mass is 32.1. The van der Waals surface area contributed by atoms with Crippen molar-refractivity contribution in [2.75, 3.05) is 25.2 Å². The topological polar surface area (TPSA) is 80.8 Å². The van der Waals surface area contributed by atoms with Crippen molar-refractivity contribution in [2.24, 2.45) is 11.8 Å². The highest BCUT2D eigenvalue weighted by molar-refractivity contribution is 7.16. The fourth-order valence-corrected chi connectivity index (χ4v) is 6.04. The normalized spacial score (nSPS) is 24.6. The lowest BCUT2D eigenvalue weighted by molar-refractivity contribution is -0.136. The molecule has 8 heteroatoms. The van der Waals surface area contributed by atoms with Crippen molar-refractivity contribution in [3.8, 4) is 11.5 Å². The number of carbonyl (C=O) groups is 2. The minimum Gasteiger partial charge on any atom is -0.454 e. The van der Waals surface area contributed by atoms with Crippen LogP contribution in [0.15, 0.2) is 18.2 Å². The molecule has 0 spiro atoms. The summed E-state index contributed by atoms with van der Waals surface area (Å²) in [5.74, 6) is 2.02. The van der Waals surface area contributed by atoms with Gasteiger partial charge in [-0.05, 0) is 55.7 Å². The van der Waals surface area contributed by atoms with Crippen LogP contribution in [0.2, 0.25) is 0 Å². The molecule has 1 fully saturated rings. The highest BCUT2D eigenvalue weighted by Gasteiger charge is 2.35. The first kappa shape index (κ1) is 20.3. The Labute approximate surface area is 185 Å². The smallest absolute Gasteiger partial charge is 0.257 e. The fraction of sp³-hybridized carbons (Fsp3) is 0.522. The molecule has 2 aromatic rings. The number of rotatable bonds is 3. The molecule has 3 heterocycles. The Bertz CT molecular complexity index is 1010. The number of thiazole rings is 1. The quantitative estimate of drug-likeness (QED) is 0.777. The van der Waals surface area contributed by atoms with E-state index in [0.29, 0.717) is 34.0 Å². The summed E-state index contributed by atoms with van der Waals surface area (Å²) in [6, 6.07) is 5.12. The summed E-state index contributed by atoms with van der Waals surface area (Å²) in [4.78, 5) is 33.9. The number of benzene rings is 1. The molecule has 1 N–H and O–H groups in total. The molecular formula is C23H27N3O4S. The molecule has 2 aliphatic heterocycles. The fourth-order valence-electron chi connectivity index (χ4n) is 4.98. The standard InChI is InChI=1S/C23H27N3O4S/c1-13-8-14(2)11-26(10-13)22(28)16-4-3-5-19-20(16)24-23(31-19)25-21(27)15-6-7-17-18(9-15)30-12-29-17/h6-7,9,13-14,16H,3-5,8,10-12H2,1-2H3,(H,24,25,27)/t13-,14-,16-/m1/s1. The summed E-state index contributed by atoms with van der Waals surface area (Å²) in [6.07, 6.45) is 3.88. The number of anilines is 1. The third-order valence-corrected chi connectivity index (χ3v) is 7.33. The summed E-state index contributed by atoms with van der Waals surface area (Å²) in [7, 11) is 0. The third-order valence-electron chi connectivity index (χ3n) is 6.29. The molecule has 1 aromatic heterocycles. The van der Waals surface area contributed by atoms with Gasteiger partial charge in [0.15, 0.2) is 16.6 Å². The van der Waals surface area contributed by atoms with Crippen LogP contribution in [-0.2, 0) is 11.2 Å². The Morgan fingerprint density at radius 3 is 2.74 bits per heavy atom. The Balaban J connectivity index is 1.33. The molecule has 0 bridgehead atoms. The second kappa shape index (κ2) is 8.15. The van der Waals surface area contributed by atoms with Gasteiger partial charge in [0, 0.05) is 23.5 Å². The summed E-state index contributed by atoms with van der Waals surface area (Å²) in [5, 5.41) is 3.46. The van der Waals surface area contributed by atoms with Crippen LogP contribution < -0.4 is 14.8 Å². The first-order valence-corrected chi connectivity index (χ1v) is 11.8. The van der Waals surface area contributed by atoms with Crippen LogP contribution in [0.5, 0.6) is 11.5 Å². The van der Waals surface area contributed by atoms with Crippen LogP contribution >= 0.6 is 11.3 Å². The predicted molar refractivity (Wildman–Crippen MR) is 118 cm³/mol. The zero-order valence-corrected chi connectivity index (χ0v) is 18.7. The summed E-state index contributed by atoms with van der Waals surface area (Å²) in [5.41, 5.74) is 1.34. The maximum atomic E-state index is 13.3. The zero-order valence-electron chi connectivity index (χ0n) is 17.8. The van der Waals surface area contributed by atoms with E-state index in [1.807, 2.05) is 4.90 Å². The molecule has 2 amide bonds. The maximum absolute atomic E-state index is 13.3. The number of carbonyl (C=O) groups excluding carboxylic acids is 2. The number of nitrogens with zero attached hydrogens (tertiary/aromatic N) is 2. The van der Waals surface area contributed by atoms with Gasteiger partial charge in [0.25, 0.3) is 5.91 Å². The second-order valence-corrected chi connectivity index (χ2v) is 10.1. The minimum absolute atomic E-state index is 0.170. The summed E-state index contributed by atoms with van der Waals surface area (Å²) in [6.45, 7) is 6.26. The monoisotopic (exact) mass is 441 g/mol. The van der Waals surface area contributed by atoms with Crippen LogP contribution in [0.3, 0.4) is 0 Å². The van der Waals surface area contributed by atoms with Gasteiger partial charge in [-0.25, -0.2) is 4.98 Å². The molecule has 1 aromatic carbocycles. The average molecular weight is 442 g/mol. The Morgan fingerprint density at radius 1 is 1.16 bits per heavy atom. The van der Waals surface area contributed by atoms with E-state index in [1.165, 1.54) is 17.8 Å². The van der Waals surface area contributed by atoms with Crippen molar-refractivity contribution in [2.45, 2.75) is 45.4 Å². The molecule has 0 radical (unpaired) electrons. The van der Waals surface area contributed by atoms with E-state index in [0.717, 1.165) is 42.9 Å². The SMILES string of the molecule is C[C@@H]1C[C@@H](C)CN(C(=O)[C@@H]2CCCc3sc(NC(=O)c4ccc5c(c4)OCO5)nc32)C1. The van der Waals surface area contributed by atoms with Gasteiger partial charge in [-0.1, -0.05) is 13.8 Å². The number of aromatic nitrogens is 1. The van der Waals surface area contributed by atoms with E-state index in [4.69, 9.17) is 14.5 Å². The van der Waals surface area contributed by atoms with E-state index in [2.05, 4.69) is 19.2 Å². The van der Waals surface area contributed by atoms with Gasteiger partial charge in [-0.2, -0.15) is 0 Å². The van der Waals surface area contributed by atoms with Crippen LogP contribution in [0.25, 0.3) is 0 Å². The summed E-state index contributed by atoms with van der Waals surface area (Å²) < 4.78 is 10.7. The number of hydrogen-bond acceptors (Lipinski definition) is 6. The van der Waals surface area contributed by atoms with Crippen LogP contribution in [0.1, 0.15) is 60.0 Å². The molecule has 3 aliphatic rings. The Hall–Kier alpha value is -2.61. The van der Waals surface area contributed by atoms with Gasteiger partial charge >= 0.3 is 0 Å². The zero-order chi connectivity index (χ0) is 21.5. The van der Waals surface area contributed by atoms with E-state index >= 15 is 0 Å². The molecule has 1 saturated heterocycles. The first-order valence-electron chi connectivity index (χ1n) is 11.0. The van der Waals surface area contributed by atoms with Gasteiger partial charge in [0.05, 0.1) is 11.6 Å². The number of ether oxygens (including phenoxy) is 2. The summed E-state index contributed by atoms with van der Waals surface area (Å²) >= 11 is 1.48. The van der Waals surface area contributed by atoms with Gasteiger partial charge in [-0.3, -0.25) is 14.9 Å². The molecule has 3 atom stereocenters. The van der Waals surface area contributed by atoms with Crippen LogP contribution in [0.4, 0.5) is 5.13 Å². The number of hydrogen-bond donors (Lipinski definition) is 1. The number of aryl methyl sites for hydroxylation is 1. The lowest BCUT2D eigenvalue weighted by Crippen LogP contribution is -2.45. The number of piperidine rings is 1. The Kier molecular flexibility index (Phi) is 5.33. The largest absolute Gasteiger partial charge is 0.454 e. The van der Waals surface area contributed by atoms with Crippen LogP contribution in [0, 0.1) is 11.8 Å². The molecule has 5 rings (SSSR count). The molecule has 0 saturated carbocycles. The highest BCUT2D eigenvalue weighted by Crippen LogP contribution is 2.39. The van der Waals surface area contributed by atoms with Crippen molar-refractivity contribution in [3.05, 3.63) is 34.3 Å². The molecule has 7 nitrogen and oxygen atoms in total. The lowest BCUT2D eigenvalue weighted by Gasteiger charge is -2.37. The molecule has 164 valence electrons. The number of likely N-dealkylation sites (tertiary alicyclic amines) is 1. The van der Waals surface area contributed by atoms with Gasteiger partial charge in [0.1, 0.15) is 0 Å². The van der Waals surface area contributed by atoms with E-state index in [-0.39, 0.29) is 24.5 Å². The minimum atomic E-state index is -0.244. The molecule has 31 heavy (non-hydrogen) atoms. The van der Waals surface area contributed by atoms with Crippen molar-refractivity contribution >= 4 is 28.3 Å². The van der Waals surface area contributed by atoms with Crippen LogP contribution in [-0.4, -0.2) is 41.6 Å². The van der Waals surface area contributed by atoms with E-state index in [9.17, 15) is 9.59 Å². The predicted octanol–water partition coefficient (Wildman–Crippen LogP) is 4.05. The van der Waals surface area contributed by atoms with Crippen molar-refractivity contribution in [1.82, 2.24) is 9.88 Å². The molecule has 0 unspecified atom stereocenters. The third kappa shape index (κ3) is 4.01. The van der Waals surface area contributed by atoms with Gasteiger partial charge < -0.3 is 14.4 Å². The number of nitrogens with one attached hydrogen (secondary N) is 1. The molecule has 1 aliphatic carbocycles.